The predicted octanol–water partition coefficient (Wildman–Crippen LogP) is -0.412. The highest BCUT2D eigenvalue weighted by atomic mass is 16.7. The SMILES string of the molecule is CCOC(N)(N)OCC. The summed E-state index contributed by atoms with van der Waals surface area (Å²) < 4.78 is 9.61. The quantitative estimate of drug-likeness (QED) is 0.513. The van der Waals surface area contributed by atoms with E-state index in [-0.39, 0.29) is 0 Å². The highest BCUT2D eigenvalue weighted by molar-refractivity contribution is 4.45. The van der Waals surface area contributed by atoms with Crippen molar-refractivity contribution < 1.29 is 9.47 Å². The van der Waals surface area contributed by atoms with E-state index in [0.717, 1.165) is 0 Å². The molecule has 0 unspecified atom stereocenters. The second-order valence-electron chi connectivity index (χ2n) is 1.59. The molecule has 56 valence electrons. The first-order valence-corrected chi connectivity index (χ1v) is 2.98. The van der Waals surface area contributed by atoms with Gasteiger partial charge in [0.25, 0.3) is 6.03 Å². The van der Waals surface area contributed by atoms with Gasteiger partial charge in [-0.3, -0.25) is 11.5 Å². The second-order valence-corrected chi connectivity index (χ2v) is 1.59. The van der Waals surface area contributed by atoms with E-state index in [1.165, 1.54) is 0 Å². The smallest absolute Gasteiger partial charge is 0.286 e. The van der Waals surface area contributed by atoms with E-state index < -0.39 is 6.03 Å². The van der Waals surface area contributed by atoms with Gasteiger partial charge in [-0.1, -0.05) is 0 Å². The third-order valence-corrected chi connectivity index (χ3v) is 0.740. The maximum Gasteiger partial charge on any atom is 0.286 e. The van der Waals surface area contributed by atoms with Gasteiger partial charge in [-0.2, -0.15) is 0 Å². The highest BCUT2D eigenvalue weighted by Gasteiger charge is 2.17. The summed E-state index contributed by atoms with van der Waals surface area (Å²) in [5.74, 6) is 0. The fourth-order valence-corrected chi connectivity index (χ4v) is 0.493. The molecular weight excluding hydrogens is 120 g/mol. The number of nitrogens with two attached hydrogens (primary N) is 2. The lowest BCUT2D eigenvalue weighted by atomic mass is 10.8. The zero-order valence-corrected chi connectivity index (χ0v) is 5.89. The normalized spacial score (nSPS) is 12.0. The van der Waals surface area contributed by atoms with Crippen LogP contribution in [0.25, 0.3) is 0 Å². The van der Waals surface area contributed by atoms with E-state index in [1.807, 2.05) is 0 Å². The topological polar surface area (TPSA) is 70.5 Å². The Morgan fingerprint density at radius 2 is 1.44 bits per heavy atom. The average molecular weight is 134 g/mol. The first-order chi connectivity index (χ1) is 4.12. The van der Waals surface area contributed by atoms with Crippen molar-refractivity contribution in [1.29, 1.82) is 0 Å². The summed E-state index contributed by atoms with van der Waals surface area (Å²) >= 11 is 0. The maximum absolute atomic E-state index is 5.27. The molecule has 0 aromatic rings. The fraction of sp³-hybridized carbons (Fsp3) is 1.00. The van der Waals surface area contributed by atoms with E-state index >= 15 is 0 Å². The van der Waals surface area contributed by atoms with Gasteiger partial charge in [-0.25, -0.2) is 0 Å². The minimum absolute atomic E-state index is 0.451. The molecule has 0 rings (SSSR count). The lowest BCUT2D eigenvalue weighted by Gasteiger charge is -2.22. The van der Waals surface area contributed by atoms with Crippen LogP contribution in [0.15, 0.2) is 0 Å². The zero-order valence-electron chi connectivity index (χ0n) is 5.89. The van der Waals surface area contributed by atoms with Gasteiger partial charge in [0.05, 0.1) is 0 Å². The molecule has 0 amide bonds. The van der Waals surface area contributed by atoms with Gasteiger partial charge >= 0.3 is 0 Å². The van der Waals surface area contributed by atoms with Crippen molar-refractivity contribution >= 4 is 0 Å². The Morgan fingerprint density at radius 1 is 1.11 bits per heavy atom. The molecule has 0 saturated heterocycles. The van der Waals surface area contributed by atoms with Crippen molar-refractivity contribution in [3.8, 4) is 0 Å². The molecule has 0 aromatic heterocycles. The number of hydrogen-bond donors (Lipinski definition) is 2. The molecule has 0 atom stereocenters. The Balaban J connectivity index is 3.43. The fourth-order valence-electron chi connectivity index (χ4n) is 0.493. The minimum atomic E-state index is -1.40. The zero-order chi connectivity index (χ0) is 7.33. The van der Waals surface area contributed by atoms with Crippen molar-refractivity contribution in [3.63, 3.8) is 0 Å². The van der Waals surface area contributed by atoms with E-state index in [1.54, 1.807) is 13.8 Å². The number of ether oxygens (including phenoxy) is 2. The van der Waals surface area contributed by atoms with Crippen LogP contribution < -0.4 is 11.5 Å². The molecule has 4 heteroatoms. The molecule has 0 bridgehead atoms. The lowest BCUT2D eigenvalue weighted by Crippen LogP contribution is -2.54. The van der Waals surface area contributed by atoms with Gasteiger partial charge in [0.2, 0.25) is 0 Å². The summed E-state index contributed by atoms with van der Waals surface area (Å²) in [4.78, 5) is 0. The molecule has 0 aliphatic carbocycles. The Bertz CT molecular complexity index is 67.4. The van der Waals surface area contributed by atoms with Crippen molar-refractivity contribution in [2.45, 2.75) is 19.9 Å². The summed E-state index contributed by atoms with van der Waals surface area (Å²) in [5, 5.41) is 0. The molecular formula is C5H14N2O2. The Morgan fingerprint density at radius 3 is 1.67 bits per heavy atom. The van der Waals surface area contributed by atoms with Gasteiger partial charge in [-0.15, -0.1) is 0 Å². The first kappa shape index (κ1) is 8.84. The first-order valence-electron chi connectivity index (χ1n) is 2.98. The summed E-state index contributed by atoms with van der Waals surface area (Å²) in [6.07, 6.45) is 0. The van der Waals surface area contributed by atoms with E-state index in [9.17, 15) is 0 Å². The van der Waals surface area contributed by atoms with Gasteiger partial charge in [0, 0.05) is 13.2 Å². The van der Waals surface area contributed by atoms with Crippen LogP contribution in [0.5, 0.6) is 0 Å². The third-order valence-electron chi connectivity index (χ3n) is 0.740. The lowest BCUT2D eigenvalue weighted by molar-refractivity contribution is -0.225. The summed E-state index contributed by atoms with van der Waals surface area (Å²) in [5.41, 5.74) is 10.5. The summed E-state index contributed by atoms with van der Waals surface area (Å²) in [7, 11) is 0. The molecule has 0 fully saturated rings. The Hall–Kier alpha value is -0.160. The van der Waals surface area contributed by atoms with Gasteiger partial charge in [0.1, 0.15) is 0 Å². The number of rotatable bonds is 4. The molecule has 9 heavy (non-hydrogen) atoms. The average Bonchev–Trinajstić information content (AvgIpc) is 1.64. The van der Waals surface area contributed by atoms with Crippen LogP contribution in [0.1, 0.15) is 13.8 Å². The highest BCUT2D eigenvalue weighted by Crippen LogP contribution is 1.94. The molecule has 4 N–H and O–H groups in total. The summed E-state index contributed by atoms with van der Waals surface area (Å²) in [6, 6.07) is -1.40. The van der Waals surface area contributed by atoms with Crippen molar-refractivity contribution in [3.05, 3.63) is 0 Å². The van der Waals surface area contributed by atoms with E-state index in [0.29, 0.717) is 13.2 Å². The van der Waals surface area contributed by atoms with Crippen LogP contribution >= 0.6 is 0 Å². The molecule has 0 aromatic carbocycles. The van der Waals surface area contributed by atoms with Gasteiger partial charge in [0.15, 0.2) is 0 Å². The van der Waals surface area contributed by atoms with Crippen molar-refractivity contribution in [2.75, 3.05) is 13.2 Å². The number of hydrogen-bond acceptors (Lipinski definition) is 4. The molecule has 4 nitrogen and oxygen atoms in total. The molecule has 0 aliphatic rings. The molecule has 0 radical (unpaired) electrons. The summed E-state index contributed by atoms with van der Waals surface area (Å²) in [6.45, 7) is 4.50. The standard InChI is InChI=1S/C5H14N2O2/c1-3-8-5(6,7)9-4-2/h3-4,6-7H2,1-2H3. The second kappa shape index (κ2) is 3.79. The molecule has 0 spiro atoms. The monoisotopic (exact) mass is 134 g/mol. The van der Waals surface area contributed by atoms with E-state index in [2.05, 4.69) is 0 Å². The van der Waals surface area contributed by atoms with Crippen LogP contribution in [0.3, 0.4) is 0 Å². The van der Waals surface area contributed by atoms with Crippen LogP contribution in [0, 0.1) is 0 Å². The minimum Gasteiger partial charge on any atom is -0.325 e. The van der Waals surface area contributed by atoms with Crippen LogP contribution in [-0.4, -0.2) is 19.2 Å². The largest absolute Gasteiger partial charge is 0.325 e. The van der Waals surface area contributed by atoms with Crippen LogP contribution in [-0.2, 0) is 9.47 Å². The van der Waals surface area contributed by atoms with Crippen LogP contribution in [0.4, 0.5) is 0 Å². The van der Waals surface area contributed by atoms with Gasteiger partial charge in [-0.05, 0) is 13.8 Å². The van der Waals surface area contributed by atoms with E-state index in [4.69, 9.17) is 20.9 Å². The van der Waals surface area contributed by atoms with Crippen molar-refractivity contribution in [2.24, 2.45) is 11.5 Å². The van der Waals surface area contributed by atoms with Crippen LogP contribution in [0.2, 0.25) is 0 Å². The third kappa shape index (κ3) is 4.35. The Labute approximate surface area is 55.1 Å². The molecule has 0 aliphatic heterocycles. The molecule has 0 saturated carbocycles. The predicted molar refractivity (Wildman–Crippen MR) is 34.4 cm³/mol. The molecule has 0 heterocycles. The maximum atomic E-state index is 5.27. The van der Waals surface area contributed by atoms with Crippen molar-refractivity contribution in [1.82, 2.24) is 0 Å². The van der Waals surface area contributed by atoms with Gasteiger partial charge < -0.3 is 9.47 Å². The Kier molecular flexibility index (Phi) is 3.72.